The highest BCUT2D eigenvalue weighted by atomic mass is 35.5. The molecule has 0 bridgehead atoms. The summed E-state index contributed by atoms with van der Waals surface area (Å²) in [5.74, 6) is 1.67. The summed E-state index contributed by atoms with van der Waals surface area (Å²) >= 11 is 9.16. The molecule has 0 radical (unpaired) electrons. The Morgan fingerprint density at radius 2 is 2.29 bits per heavy atom. The third-order valence-electron chi connectivity index (χ3n) is 2.19. The summed E-state index contributed by atoms with van der Waals surface area (Å²) in [6, 6.07) is 5.53. The molecule has 0 amide bonds. The first-order valence-corrected chi connectivity index (χ1v) is 7.32. The average molecular weight is 286 g/mol. The quantitative estimate of drug-likeness (QED) is 0.688. The smallest absolute Gasteiger partial charge is 0.170 e. The van der Waals surface area contributed by atoms with Crippen LogP contribution in [0.4, 0.5) is 5.69 Å². The van der Waals surface area contributed by atoms with Gasteiger partial charge in [-0.3, -0.25) is 0 Å². The highest BCUT2D eigenvalue weighted by molar-refractivity contribution is 8.00. The number of anilines is 1. The second-order valence-corrected chi connectivity index (χ2v) is 5.85. The Kier molecular flexibility index (Phi) is 4.25. The maximum absolute atomic E-state index is 6.09. The fraction of sp³-hybridized carbons (Fsp3) is 0.273. The molecule has 0 spiro atoms. The Hall–Kier alpha value is -0.780. The van der Waals surface area contributed by atoms with Gasteiger partial charge in [0.1, 0.15) is 5.82 Å². The molecule has 0 saturated heterocycles. The van der Waals surface area contributed by atoms with Gasteiger partial charge in [-0.25, -0.2) is 4.98 Å². The number of rotatable bonds is 4. The van der Waals surface area contributed by atoms with E-state index in [1.165, 1.54) is 11.5 Å². The number of nitrogen functional groups attached to an aromatic ring is 1. The Morgan fingerprint density at radius 1 is 1.47 bits per heavy atom. The third kappa shape index (κ3) is 3.34. The Bertz CT molecular complexity index is 513. The lowest BCUT2D eigenvalue weighted by Crippen LogP contribution is -1.88. The van der Waals surface area contributed by atoms with E-state index in [1.54, 1.807) is 17.8 Å². The number of thioether (sulfide) groups is 1. The summed E-state index contributed by atoms with van der Waals surface area (Å²) in [6.45, 7) is 2.05. The molecule has 0 aliphatic rings. The van der Waals surface area contributed by atoms with E-state index < -0.39 is 0 Å². The SMILES string of the molecule is CCc1nsc(SCc2cc(N)ccc2Cl)n1. The van der Waals surface area contributed by atoms with Crippen molar-refractivity contribution < 1.29 is 0 Å². The lowest BCUT2D eigenvalue weighted by molar-refractivity contribution is 0.971. The molecule has 0 aliphatic heterocycles. The molecule has 6 heteroatoms. The van der Waals surface area contributed by atoms with Crippen molar-refractivity contribution in [3.8, 4) is 0 Å². The molecule has 1 aromatic carbocycles. The molecule has 3 nitrogen and oxygen atoms in total. The van der Waals surface area contributed by atoms with Gasteiger partial charge >= 0.3 is 0 Å². The molecule has 90 valence electrons. The minimum atomic E-state index is 0.733. The van der Waals surface area contributed by atoms with Crippen LogP contribution in [0.25, 0.3) is 0 Å². The van der Waals surface area contributed by atoms with Crippen LogP contribution in [-0.4, -0.2) is 9.36 Å². The van der Waals surface area contributed by atoms with E-state index in [9.17, 15) is 0 Å². The maximum atomic E-state index is 6.09. The molecular formula is C11H12ClN3S2. The number of halogens is 1. The van der Waals surface area contributed by atoms with E-state index in [0.717, 1.165) is 38.6 Å². The van der Waals surface area contributed by atoms with Gasteiger partial charge in [-0.2, -0.15) is 4.37 Å². The van der Waals surface area contributed by atoms with Crippen LogP contribution in [0, 0.1) is 0 Å². The topological polar surface area (TPSA) is 51.8 Å². The molecule has 2 rings (SSSR count). The molecule has 0 unspecified atom stereocenters. The second kappa shape index (κ2) is 5.71. The van der Waals surface area contributed by atoms with Gasteiger partial charge in [0.05, 0.1) is 0 Å². The van der Waals surface area contributed by atoms with Crippen LogP contribution in [0.2, 0.25) is 5.02 Å². The average Bonchev–Trinajstić information content (AvgIpc) is 2.78. The Balaban J connectivity index is 2.04. The number of hydrogen-bond acceptors (Lipinski definition) is 5. The number of benzene rings is 1. The van der Waals surface area contributed by atoms with Crippen molar-refractivity contribution in [2.24, 2.45) is 0 Å². The number of aryl methyl sites for hydroxylation is 1. The van der Waals surface area contributed by atoms with Crippen LogP contribution < -0.4 is 5.73 Å². The van der Waals surface area contributed by atoms with Crippen LogP contribution in [-0.2, 0) is 12.2 Å². The number of aromatic nitrogens is 2. The first-order chi connectivity index (χ1) is 8.19. The highest BCUT2D eigenvalue weighted by Gasteiger charge is 2.06. The van der Waals surface area contributed by atoms with Gasteiger partial charge < -0.3 is 5.73 Å². The van der Waals surface area contributed by atoms with Crippen molar-refractivity contribution in [3.05, 3.63) is 34.6 Å². The molecule has 0 fully saturated rings. The van der Waals surface area contributed by atoms with Gasteiger partial charge in [-0.15, -0.1) is 0 Å². The van der Waals surface area contributed by atoms with Gasteiger partial charge in [0.25, 0.3) is 0 Å². The first-order valence-electron chi connectivity index (χ1n) is 5.18. The Morgan fingerprint density at radius 3 is 3.00 bits per heavy atom. The zero-order valence-corrected chi connectivity index (χ0v) is 11.7. The lowest BCUT2D eigenvalue weighted by atomic mass is 10.2. The fourth-order valence-electron chi connectivity index (χ4n) is 1.28. The van der Waals surface area contributed by atoms with Crippen LogP contribution >= 0.6 is 34.9 Å². The van der Waals surface area contributed by atoms with E-state index in [0.29, 0.717) is 0 Å². The molecule has 0 atom stereocenters. The lowest BCUT2D eigenvalue weighted by Gasteiger charge is -2.03. The third-order valence-corrected chi connectivity index (χ3v) is 4.48. The van der Waals surface area contributed by atoms with E-state index in [4.69, 9.17) is 17.3 Å². The van der Waals surface area contributed by atoms with Crippen LogP contribution in [0.1, 0.15) is 18.3 Å². The molecule has 17 heavy (non-hydrogen) atoms. The van der Waals surface area contributed by atoms with Crippen molar-refractivity contribution in [2.75, 3.05) is 5.73 Å². The first kappa shape index (κ1) is 12.7. The summed E-state index contributed by atoms with van der Waals surface area (Å²) < 4.78 is 5.21. The van der Waals surface area contributed by atoms with Crippen molar-refractivity contribution in [1.29, 1.82) is 0 Å². The second-order valence-electron chi connectivity index (χ2n) is 3.47. The fourth-order valence-corrected chi connectivity index (χ4v) is 3.24. The highest BCUT2D eigenvalue weighted by Crippen LogP contribution is 2.28. The zero-order valence-electron chi connectivity index (χ0n) is 9.31. The van der Waals surface area contributed by atoms with Gasteiger partial charge in [-0.05, 0) is 35.3 Å². The summed E-state index contributed by atoms with van der Waals surface area (Å²) in [7, 11) is 0. The number of nitrogens with two attached hydrogens (primary N) is 1. The number of nitrogens with zero attached hydrogens (tertiary/aromatic N) is 2. The molecule has 2 aromatic rings. The molecular weight excluding hydrogens is 274 g/mol. The van der Waals surface area contributed by atoms with E-state index >= 15 is 0 Å². The summed E-state index contributed by atoms with van der Waals surface area (Å²) in [6.07, 6.45) is 0.871. The van der Waals surface area contributed by atoms with E-state index in [1.807, 2.05) is 19.1 Å². The number of hydrogen-bond donors (Lipinski definition) is 1. The zero-order chi connectivity index (χ0) is 12.3. The van der Waals surface area contributed by atoms with E-state index in [2.05, 4.69) is 9.36 Å². The van der Waals surface area contributed by atoms with Crippen molar-refractivity contribution in [1.82, 2.24) is 9.36 Å². The predicted octanol–water partition coefficient (Wildman–Crippen LogP) is 3.63. The molecule has 1 aromatic heterocycles. The summed E-state index contributed by atoms with van der Waals surface area (Å²) in [5, 5.41) is 0.743. The van der Waals surface area contributed by atoms with Crippen molar-refractivity contribution in [2.45, 2.75) is 23.4 Å². The van der Waals surface area contributed by atoms with Crippen LogP contribution in [0.15, 0.2) is 22.5 Å². The molecule has 2 N–H and O–H groups in total. The van der Waals surface area contributed by atoms with Gasteiger partial charge in [0, 0.05) is 22.9 Å². The van der Waals surface area contributed by atoms with Crippen LogP contribution in [0.3, 0.4) is 0 Å². The van der Waals surface area contributed by atoms with E-state index in [-0.39, 0.29) is 0 Å². The predicted molar refractivity (Wildman–Crippen MR) is 74.7 cm³/mol. The normalized spacial score (nSPS) is 10.7. The van der Waals surface area contributed by atoms with Crippen molar-refractivity contribution in [3.63, 3.8) is 0 Å². The minimum absolute atomic E-state index is 0.733. The molecule has 0 aliphatic carbocycles. The molecule has 1 heterocycles. The largest absolute Gasteiger partial charge is 0.399 e. The van der Waals surface area contributed by atoms with Gasteiger partial charge in [0.2, 0.25) is 0 Å². The summed E-state index contributed by atoms with van der Waals surface area (Å²) in [4.78, 5) is 4.39. The van der Waals surface area contributed by atoms with Crippen LogP contribution in [0.5, 0.6) is 0 Å². The van der Waals surface area contributed by atoms with Crippen molar-refractivity contribution >= 4 is 40.6 Å². The summed E-state index contributed by atoms with van der Waals surface area (Å²) in [5.41, 5.74) is 7.49. The molecule has 0 saturated carbocycles. The minimum Gasteiger partial charge on any atom is -0.399 e. The maximum Gasteiger partial charge on any atom is 0.170 e. The van der Waals surface area contributed by atoms with Gasteiger partial charge in [0.15, 0.2) is 4.34 Å². The Labute approximate surface area is 114 Å². The standard InChI is InChI=1S/C11H12ClN3S2/c1-2-10-14-11(17-15-10)16-6-7-5-8(13)3-4-9(7)12/h3-5H,2,6,13H2,1H3. The van der Waals surface area contributed by atoms with Gasteiger partial charge in [-0.1, -0.05) is 30.3 Å². The monoisotopic (exact) mass is 285 g/mol.